The third-order valence-electron chi connectivity index (χ3n) is 2.04. The second kappa shape index (κ2) is 5.55. The number of hydrogen-bond acceptors (Lipinski definition) is 7. The molecule has 1 unspecified atom stereocenters. The third kappa shape index (κ3) is 2.54. The predicted octanol–water partition coefficient (Wildman–Crippen LogP) is -1.20. The lowest BCUT2D eigenvalue weighted by Crippen LogP contribution is -2.57. The van der Waals surface area contributed by atoms with Crippen LogP contribution in [-0.2, 0) is 4.74 Å². The average molecular weight is 242 g/mol. The standard InChI is InChI=1S/C7H14O5S2/c1-13-14-7-6(11)5(10)4(9)3(2-8)12-7/h3-11H,2H2,1H3/t3-,4-,5+,6-,7?/m1/s1. The SMILES string of the molecule is CSSC1O[C@H](CO)[C@@H](O)[C@H](O)[C@H]1O. The molecule has 14 heavy (non-hydrogen) atoms. The molecule has 5 nitrogen and oxygen atoms in total. The van der Waals surface area contributed by atoms with E-state index in [2.05, 4.69) is 0 Å². The highest BCUT2D eigenvalue weighted by Crippen LogP contribution is 2.33. The van der Waals surface area contributed by atoms with Crippen molar-refractivity contribution < 1.29 is 25.2 Å². The van der Waals surface area contributed by atoms with Gasteiger partial charge in [-0.1, -0.05) is 21.6 Å². The Morgan fingerprint density at radius 2 is 1.79 bits per heavy atom. The van der Waals surface area contributed by atoms with Gasteiger partial charge in [0.25, 0.3) is 0 Å². The van der Waals surface area contributed by atoms with Gasteiger partial charge in [-0.25, -0.2) is 0 Å². The molecule has 0 saturated carbocycles. The first-order valence-corrected chi connectivity index (χ1v) is 6.74. The summed E-state index contributed by atoms with van der Waals surface area (Å²) in [6.07, 6.45) is -2.67. The zero-order valence-corrected chi connectivity index (χ0v) is 9.24. The minimum atomic E-state index is -1.27. The Balaban J connectivity index is 2.63. The summed E-state index contributed by atoms with van der Waals surface area (Å²) in [4.78, 5) is 0. The van der Waals surface area contributed by atoms with Crippen molar-refractivity contribution in [1.82, 2.24) is 0 Å². The molecular formula is C7H14O5S2. The normalized spacial score (nSPS) is 43.9. The first-order chi connectivity index (χ1) is 6.61. The molecule has 7 heteroatoms. The highest BCUT2D eigenvalue weighted by Gasteiger charge is 2.43. The van der Waals surface area contributed by atoms with E-state index in [1.807, 2.05) is 6.26 Å². The summed E-state index contributed by atoms with van der Waals surface area (Å²) < 4.78 is 5.20. The van der Waals surface area contributed by atoms with Gasteiger partial charge in [-0.05, 0) is 6.26 Å². The molecular weight excluding hydrogens is 228 g/mol. The van der Waals surface area contributed by atoms with E-state index in [0.717, 1.165) is 0 Å². The molecule has 0 aromatic rings. The van der Waals surface area contributed by atoms with Gasteiger partial charge in [0, 0.05) is 0 Å². The van der Waals surface area contributed by atoms with Crippen LogP contribution in [0.25, 0.3) is 0 Å². The van der Waals surface area contributed by atoms with Gasteiger partial charge in [-0.15, -0.1) is 0 Å². The van der Waals surface area contributed by atoms with E-state index in [0.29, 0.717) is 0 Å². The molecule has 1 rings (SSSR count). The molecule has 1 fully saturated rings. The van der Waals surface area contributed by atoms with Crippen molar-refractivity contribution in [2.45, 2.75) is 29.9 Å². The molecule has 84 valence electrons. The number of ether oxygens (including phenoxy) is 1. The number of rotatable bonds is 3. The van der Waals surface area contributed by atoms with Crippen LogP contribution in [0.1, 0.15) is 0 Å². The molecule has 0 bridgehead atoms. The Kier molecular flexibility index (Phi) is 4.98. The van der Waals surface area contributed by atoms with Gasteiger partial charge in [-0.3, -0.25) is 0 Å². The molecule has 0 amide bonds. The number of aliphatic hydroxyl groups excluding tert-OH is 4. The fourth-order valence-corrected chi connectivity index (χ4v) is 2.94. The Labute approximate surface area is 89.9 Å². The maximum Gasteiger partial charge on any atom is 0.142 e. The predicted molar refractivity (Wildman–Crippen MR) is 54.9 cm³/mol. The lowest BCUT2D eigenvalue weighted by molar-refractivity contribution is -0.205. The topological polar surface area (TPSA) is 90.2 Å². The summed E-state index contributed by atoms with van der Waals surface area (Å²) in [5, 5.41) is 37.2. The van der Waals surface area contributed by atoms with E-state index >= 15 is 0 Å². The zero-order valence-electron chi connectivity index (χ0n) is 7.61. The van der Waals surface area contributed by atoms with Crippen molar-refractivity contribution in [3.05, 3.63) is 0 Å². The molecule has 1 saturated heterocycles. The van der Waals surface area contributed by atoms with Gasteiger partial charge in [-0.2, -0.15) is 0 Å². The van der Waals surface area contributed by atoms with Gasteiger partial charge in [0.1, 0.15) is 29.9 Å². The fraction of sp³-hybridized carbons (Fsp3) is 1.00. The van der Waals surface area contributed by atoms with Crippen LogP contribution in [0.3, 0.4) is 0 Å². The zero-order chi connectivity index (χ0) is 10.7. The summed E-state index contributed by atoms with van der Waals surface area (Å²) in [7, 11) is 2.63. The van der Waals surface area contributed by atoms with Gasteiger partial charge in [0.2, 0.25) is 0 Å². The van der Waals surface area contributed by atoms with Gasteiger partial charge in [0.05, 0.1) is 6.61 Å². The Morgan fingerprint density at radius 3 is 2.29 bits per heavy atom. The molecule has 1 aliphatic heterocycles. The van der Waals surface area contributed by atoms with Crippen molar-refractivity contribution in [1.29, 1.82) is 0 Å². The molecule has 0 aromatic heterocycles. The summed E-state index contributed by atoms with van der Waals surface area (Å²) in [6, 6.07) is 0. The van der Waals surface area contributed by atoms with E-state index in [1.54, 1.807) is 0 Å². The van der Waals surface area contributed by atoms with Crippen LogP contribution in [0.2, 0.25) is 0 Å². The molecule has 4 N–H and O–H groups in total. The van der Waals surface area contributed by atoms with Gasteiger partial charge < -0.3 is 25.2 Å². The smallest absolute Gasteiger partial charge is 0.142 e. The van der Waals surface area contributed by atoms with Crippen LogP contribution < -0.4 is 0 Å². The second-order valence-corrected chi connectivity index (χ2v) is 5.53. The molecule has 0 spiro atoms. The van der Waals surface area contributed by atoms with Crippen LogP contribution in [0.15, 0.2) is 0 Å². The summed E-state index contributed by atoms with van der Waals surface area (Å²) in [5.74, 6) is 0. The minimum absolute atomic E-state index is 0.379. The molecule has 0 radical (unpaired) electrons. The monoisotopic (exact) mass is 242 g/mol. The van der Waals surface area contributed by atoms with Crippen molar-refractivity contribution in [3.8, 4) is 0 Å². The third-order valence-corrected chi connectivity index (χ3v) is 3.96. The number of aliphatic hydroxyl groups is 4. The maximum atomic E-state index is 9.50. The Bertz CT molecular complexity index is 177. The molecule has 1 heterocycles. The van der Waals surface area contributed by atoms with Crippen LogP contribution in [0.4, 0.5) is 0 Å². The second-order valence-electron chi connectivity index (χ2n) is 2.96. The van der Waals surface area contributed by atoms with Crippen molar-refractivity contribution in [2.24, 2.45) is 0 Å². The van der Waals surface area contributed by atoms with Crippen LogP contribution in [-0.4, -0.2) is 63.1 Å². The maximum absolute atomic E-state index is 9.50. The van der Waals surface area contributed by atoms with E-state index in [4.69, 9.17) is 9.84 Å². The average Bonchev–Trinajstić information content (AvgIpc) is 2.19. The summed E-state index contributed by atoms with van der Waals surface area (Å²) in [5.41, 5.74) is -0.624. The molecule has 0 aromatic carbocycles. The minimum Gasteiger partial charge on any atom is -0.394 e. The first kappa shape index (κ1) is 12.6. The highest BCUT2D eigenvalue weighted by atomic mass is 33.1. The largest absolute Gasteiger partial charge is 0.394 e. The van der Waals surface area contributed by atoms with Crippen molar-refractivity contribution in [2.75, 3.05) is 12.9 Å². The number of hydrogen-bond donors (Lipinski definition) is 4. The van der Waals surface area contributed by atoms with Gasteiger partial charge in [0.15, 0.2) is 0 Å². The highest BCUT2D eigenvalue weighted by molar-refractivity contribution is 8.76. The fourth-order valence-electron chi connectivity index (χ4n) is 1.24. The molecule has 0 aliphatic carbocycles. The first-order valence-electron chi connectivity index (χ1n) is 4.11. The van der Waals surface area contributed by atoms with Gasteiger partial charge >= 0.3 is 0 Å². The lowest BCUT2D eigenvalue weighted by Gasteiger charge is -2.39. The Morgan fingerprint density at radius 1 is 1.14 bits per heavy atom. The van der Waals surface area contributed by atoms with Crippen molar-refractivity contribution >= 4 is 21.6 Å². The Hall–Kier alpha value is 0.500. The molecule has 1 aliphatic rings. The lowest BCUT2D eigenvalue weighted by atomic mass is 10.0. The molecule has 5 atom stereocenters. The van der Waals surface area contributed by atoms with E-state index in [-0.39, 0.29) is 6.61 Å². The van der Waals surface area contributed by atoms with E-state index in [9.17, 15) is 15.3 Å². The van der Waals surface area contributed by atoms with E-state index in [1.165, 1.54) is 21.6 Å². The van der Waals surface area contributed by atoms with E-state index < -0.39 is 29.9 Å². The van der Waals surface area contributed by atoms with Crippen LogP contribution >= 0.6 is 21.6 Å². The quantitative estimate of drug-likeness (QED) is 0.462. The summed E-state index contributed by atoms with van der Waals surface area (Å²) in [6.45, 7) is -0.379. The van der Waals surface area contributed by atoms with Crippen molar-refractivity contribution in [3.63, 3.8) is 0 Å². The van der Waals surface area contributed by atoms with Crippen LogP contribution in [0, 0.1) is 0 Å². The van der Waals surface area contributed by atoms with Crippen LogP contribution in [0.5, 0.6) is 0 Å². The summed E-state index contributed by atoms with van der Waals surface area (Å²) >= 11 is 0.